The van der Waals surface area contributed by atoms with E-state index in [0.29, 0.717) is 0 Å². The Hall–Kier alpha value is -1.16. The van der Waals surface area contributed by atoms with Gasteiger partial charge in [-0.05, 0) is 13.8 Å². The van der Waals surface area contributed by atoms with Gasteiger partial charge in [-0.25, -0.2) is 4.39 Å². The van der Waals surface area contributed by atoms with E-state index in [9.17, 15) is 4.39 Å². The Morgan fingerprint density at radius 2 is 2.27 bits per heavy atom. The molecule has 0 aliphatic carbocycles. The standard InChI is InChI=1S/C11H16FN3/c1-11(2)8-15(4-3-14-11)10-5-9(12)6-13-7-10/h5-7,14H,3-4,8H2,1-2H3. The minimum absolute atomic E-state index is 0.0740. The molecule has 82 valence electrons. The summed E-state index contributed by atoms with van der Waals surface area (Å²) in [6.07, 6.45) is 2.95. The van der Waals surface area contributed by atoms with E-state index in [2.05, 4.69) is 29.0 Å². The highest BCUT2D eigenvalue weighted by Gasteiger charge is 2.25. The first kappa shape index (κ1) is 10.4. The SMILES string of the molecule is CC1(C)CN(c2cncc(F)c2)CCN1. The smallest absolute Gasteiger partial charge is 0.143 e. The van der Waals surface area contributed by atoms with Crippen LogP contribution in [0.25, 0.3) is 0 Å². The molecule has 1 aliphatic heterocycles. The van der Waals surface area contributed by atoms with Crippen molar-refractivity contribution in [2.24, 2.45) is 0 Å². The zero-order chi connectivity index (χ0) is 10.9. The van der Waals surface area contributed by atoms with E-state index < -0.39 is 0 Å². The van der Waals surface area contributed by atoms with E-state index in [4.69, 9.17) is 0 Å². The summed E-state index contributed by atoms with van der Waals surface area (Å²) in [6.45, 7) is 6.98. The molecule has 1 aliphatic rings. The third kappa shape index (κ3) is 2.45. The molecule has 1 saturated heterocycles. The molecule has 1 N–H and O–H groups in total. The molecule has 15 heavy (non-hydrogen) atoms. The van der Waals surface area contributed by atoms with Crippen molar-refractivity contribution in [3.8, 4) is 0 Å². The Morgan fingerprint density at radius 1 is 1.47 bits per heavy atom. The summed E-state index contributed by atoms with van der Waals surface area (Å²) in [4.78, 5) is 6.03. The van der Waals surface area contributed by atoms with Crippen LogP contribution in [0.3, 0.4) is 0 Å². The summed E-state index contributed by atoms with van der Waals surface area (Å²) in [7, 11) is 0. The van der Waals surface area contributed by atoms with Gasteiger partial charge in [0.1, 0.15) is 5.82 Å². The Bertz CT molecular complexity index is 351. The first-order chi connectivity index (χ1) is 7.07. The molecule has 4 heteroatoms. The van der Waals surface area contributed by atoms with Crippen LogP contribution in [0.15, 0.2) is 18.5 Å². The van der Waals surface area contributed by atoms with Gasteiger partial charge in [-0.3, -0.25) is 4.98 Å². The van der Waals surface area contributed by atoms with Gasteiger partial charge in [-0.2, -0.15) is 0 Å². The van der Waals surface area contributed by atoms with Crippen LogP contribution in [0.1, 0.15) is 13.8 Å². The maximum Gasteiger partial charge on any atom is 0.143 e. The lowest BCUT2D eigenvalue weighted by molar-refractivity contribution is 0.352. The molecule has 1 fully saturated rings. The zero-order valence-electron chi connectivity index (χ0n) is 9.13. The second-order valence-electron chi connectivity index (χ2n) is 4.59. The predicted molar refractivity (Wildman–Crippen MR) is 58.5 cm³/mol. The zero-order valence-corrected chi connectivity index (χ0v) is 9.13. The summed E-state index contributed by atoms with van der Waals surface area (Å²) in [5.41, 5.74) is 0.939. The van der Waals surface area contributed by atoms with Crippen molar-refractivity contribution in [1.29, 1.82) is 0 Å². The summed E-state index contributed by atoms with van der Waals surface area (Å²) < 4.78 is 13.0. The molecule has 0 aromatic carbocycles. The molecular weight excluding hydrogens is 193 g/mol. The second-order valence-corrected chi connectivity index (χ2v) is 4.59. The highest BCUT2D eigenvalue weighted by atomic mass is 19.1. The van der Waals surface area contributed by atoms with Gasteiger partial charge in [0.25, 0.3) is 0 Å². The quantitative estimate of drug-likeness (QED) is 0.758. The molecule has 2 rings (SSSR count). The second kappa shape index (κ2) is 3.77. The number of nitrogens with zero attached hydrogens (tertiary/aromatic N) is 2. The van der Waals surface area contributed by atoms with Gasteiger partial charge >= 0.3 is 0 Å². The molecule has 1 aromatic rings. The van der Waals surface area contributed by atoms with Crippen molar-refractivity contribution in [3.63, 3.8) is 0 Å². The topological polar surface area (TPSA) is 28.2 Å². The molecule has 0 radical (unpaired) electrons. The number of hydrogen-bond donors (Lipinski definition) is 1. The number of rotatable bonds is 1. The number of halogens is 1. The van der Waals surface area contributed by atoms with E-state index in [1.54, 1.807) is 6.20 Å². The highest BCUT2D eigenvalue weighted by molar-refractivity contribution is 5.45. The summed E-state index contributed by atoms with van der Waals surface area (Å²) in [6, 6.07) is 1.54. The van der Waals surface area contributed by atoms with Crippen molar-refractivity contribution < 1.29 is 4.39 Å². The molecule has 0 saturated carbocycles. The fraction of sp³-hybridized carbons (Fsp3) is 0.545. The van der Waals surface area contributed by atoms with Crippen LogP contribution in [0.2, 0.25) is 0 Å². The largest absolute Gasteiger partial charge is 0.367 e. The molecule has 3 nitrogen and oxygen atoms in total. The van der Waals surface area contributed by atoms with Crippen molar-refractivity contribution in [3.05, 3.63) is 24.3 Å². The van der Waals surface area contributed by atoms with Crippen LogP contribution < -0.4 is 10.2 Å². The number of piperazine rings is 1. The van der Waals surface area contributed by atoms with Crippen molar-refractivity contribution >= 4 is 5.69 Å². The van der Waals surface area contributed by atoms with E-state index >= 15 is 0 Å². The predicted octanol–water partition coefficient (Wildman–Crippen LogP) is 1.41. The molecule has 0 unspecified atom stereocenters. The summed E-state index contributed by atoms with van der Waals surface area (Å²) in [5, 5.41) is 3.42. The summed E-state index contributed by atoms with van der Waals surface area (Å²) >= 11 is 0. The lowest BCUT2D eigenvalue weighted by atomic mass is 10.0. The number of aromatic nitrogens is 1. The Morgan fingerprint density at radius 3 is 2.93 bits per heavy atom. The average molecular weight is 209 g/mol. The number of anilines is 1. The van der Waals surface area contributed by atoms with Crippen molar-refractivity contribution in [1.82, 2.24) is 10.3 Å². The van der Waals surface area contributed by atoms with Crippen LogP contribution >= 0.6 is 0 Å². The molecule has 0 bridgehead atoms. The van der Waals surface area contributed by atoms with Crippen LogP contribution in [-0.4, -0.2) is 30.2 Å². The third-order valence-electron chi connectivity index (χ3n) is 2.63. The van der Waals surface area contributed by atoms with E-state index in [-0.39, 0.29) is 11.4 Å². The normalized spacial score (nSPS) is 20.3. The molecule has 1 aromatic heterocycles. The average Bonchev–Trinajstić information content (AvgIpc) is 2.16. The number of nitrogens with one attached hydrogen (secondary N) is 1. The van der Waals surface area contributed by atoms with Crippen molar-refractivity contribution in [2.75, 3.05) is 24.5 Å². The van der Waals surface area contributed by atoms with E-state index in [0.717, 1.165) is 25.3 Å². The van der Waals surface area contributed by atoms with Crippen LogP contribution in [0.4, 0.5) is 10.1 Å². The Kier molecular flexibility index (Phi) is 2.61. The minimum atomic E-state index is -0.274. The van der Waals surface area contributed by atoms with Crippen LogP contribution in [-0.2, 0) is 0 Å². The molecule has 0 atom stereocenters. The van der Waals surface area contributed by atoms with Gasteiger partial charge in [-0.1, -0.05) is 0 Å². The fourth-order valence-corrected chi connectivity index (χ4v) is 1.94. The van der Waals surface area contributed by atoms with Crippen LogP contribution in [0, 0.1) is 5.82 Å². The highest BCUT2D eigenvalue weighted by Crippen LogP contribution is 2.19. The van der Waals surface area contributed by atoms with Gasteiger partial charge in [0.05, 0.1) is 18.1 Å². The third-order valence-corrected chi connectivity index (χ3v) is 2.63. The number of pyridine rings is 1. The molecule has 2 heterocycles. The summed E-state index contributed by atoms with van der Waals surface area (Å²) in [5.74, 6) is -0.274. The minimum Gasteiger partial charge on any atom is -0.367 e. The first-order valence-electron chi connectivity index (χ1n) is 5.17. The van der Waals surface area contributed by atoms with Gasteiger partial charge in [0, 0.05) is 31.2 Å². The van der Waals surface area contributed by atoms with Gasteiger partial charge in [0.15, 0.2) is 0 Å². The van der Waals surface area contributed by atoms with Gasteiger partial charge in [0.2, 0.25) is 0 Å². The first-order valence-corrected chi connectivity index (χ1v) is 5.17. The molecular formula is C11H16FN3. The van der Waals surface area contributed by atoms with Crippen LogP contribution in [0.5, 0.6) is 0 Å². The lowest BCUT2D eigenvalue weighted by Crippen LogP contribution is -2.57. The Balaban J connectivity index is 2.17. The van der Waals surface area contributed by atoms with E-state index in [1.165, 1.54) is 12.3 Å². The van der Waals surface area contributed by atoms with Gasteiger partial charge in [-0.15, -0.1) is 0 Å². The maximum absolute atomic E-state index is 13.0. The van der Waals surface area contributed by atoms with Gasteiger partial charge < -0.3 is 10.2 Å². The Labute approximate surface area is 89.3 Å². The maximum atomic E-state index is 13.0. The monoisotopic (exact) mass is 209 g/mol. The van der Waals surface area contributed by atoms with Crippen molar-refractivity contribution in [2.45, 2.75) is 19.4 Å². The molecule has 0 spiro atoms. The number of hydrogen-bond acceptors (Lipinski definition) is 3. The lowest BCUT2D eigenvalue weighted by Gasteiger charge is -2.40. The molecule has 0 amide bonds. The fourth-order valence-electron chi connectivity index (χ4n) is 1.94. The van der Waals surface area contributed by atoms with E-state index in [1.807, 2.05) is 0 Å².